The Bertz CT molecular complexity index is 1020. The second-order valence-corrected chi connectivity index (χ2v) is 8.63. The van der Waals surface area contributed by atoms with Crippen molar-refractivity contribution in [3.8, 4) is 11.5 Å². The second kappa shape index (κ2) is 7.92. The number of carbonyl (C=O) groups is 1. The topological polar surface area (TPSA) is 94.2 Å². The summed E-state index contributed by atoms with van der Waals surface area (Å²) in [7, 11) is -1.15. The number of nitrogens with one attached hydrogen (secondary N) is 1. The Morgan fingerprint density at radius 2 is 1.72 bits per heavy atom. The van der Waals surface area contributed by atoms with Crippen LogP contribution in [0, 0.1) is 0 Å². The summed E-state index contributed by atoms with van der Waals surface area (Å²) in [6.45, 7) is 3.46. The number of amides is 1. The Morgan fingerprint density at radius 3 is 2.41 bits per heavy atom. The predicted molar refractivity (Wildman–Crippen MR) is 109 cm³/mol. The molecule has 1 amide bonds. The lowest BCUT2D eigenvalue weighted by Gasteiger charge is -2.39. The number of hydrogen-bond donors (Lipinski definition) is 1. The third-order valence-electron chi connectivity index (χ3n) is 4.62. The summed E-state index contributed by atoms with van der Waals surface area (Å²) >= 11 is 0. The molecule has 9 heteroatoms. The molecule has 1 heterocycles. The van der Waals surface area contributed by atoms with Crippen molar-refractivity contribution in [3.05, 3.63) is 42.5 Å². The lowest BCUT2D eigenvalue weighted by atomic mass is 9.98. The van der Waals surface area contributed by atoms with Crippen LogP contribution in [0.2, 0.25) is 0 Å². The van der Waals surface area contributed by atoms with Crippen LogP contribution in [0.5, 0.6) is 11.5 Å². The fraction of sp³-hybridized carbons (Fsp3) is 0.350. The van der Waals surface area contributed by atoms with Crippen molar-refractivity contribution in [1.29, 1.82) is 0 Å². The summed E-state index contributed by atoms with van der Waals surface area (Å²) in [5.41, 5.74) is 0.681. The van der Waals surface area contributed by atoms with Crippen molar-refractivity contribution in [2.45, 2.75) is 24.3 Å². The molecule has 0 unspecified atom stereocenters. The number of para-hydroxylation sites is 2. The van der Waals surface area contributed by atoms with Crippen LogP contribution in [0.3, 0.4) is 0 Å². The predicted octanol–water partition coefficient (Wildman–Crippen LogP) is 2.65. The van der Waals surface area contributed by atoms with Crippen LogP contribution in [0.15, 0.2) is 47.4 Å². The van der Waals surface area contributed by atoms with E-state index in [9.17, 15) is 13.2 Å². The van der Waals surface area contributed by atoms with Crippen LogP contribution in [0.25, 0.3) is 0 Å². The Kier molecular flexibility index (Phi) is 5.72. The highest BCUT2D eigenvalue weighted by atomic mass is 32.2. The van der Waals surface area contributed by atoms with Gasteiger partial charge in [0.2, 0.25) is 0 Å². The van der Waals surface area contributed by atoms with E-state index in [0.717, 1.165) is 5.69 Å². The van der Waals surface area contributed by atoms with Crippen LogP contribution in [0.1, 0.15) is 13.8 Å². The summed E-state index contributed by atoms with van der Waals surface area (Å²) < 4.78 is 40.6. The Labute approximate surface area is 170 Å². The number of nitrogens with zero attached hydrogens (tertiary/aromatic N) is 1. The minimum Gasteiger partial charge on any atom is -0.493 e. The smallest absolute Gasteiger partial charge is 0.297 e. The highest BCUT2D eigenvalue weighted by Crippen LogP contribution is 2.35. The standard InChI is InChI=1S/C20H24N2O6S/c1-20(2)19(23)22(16-8-6-5-7-15(16)21-20)11-12-28-29(24,25)14-9-10-17(26-3)18(13-14)27-4/h5-10,13,21H,11-12H2,1-4H3. The molecule has 8 nitrogen and oxygen atoms in total. The summed E-state index contributed by atoms with van der Waals surface area (Å²) in [5, 5.41) is 3.20. The van der Waals surface area contributed by atoms with E-state index < -0.39 is 15.7 Å². The van der Waals surface area contributed by atoms with E-state index in [1.165, 1.54) is 37.3 Å². The number of hydrogen-bond acceptors (Lipinski definition) is 7. The number of rotatable bonds is 7. The van der Waals surface area contributed by atoms with E-state index in [-0.39, 0.29) is 29.7 Å². The maximum atomic E-state index is 12.8. The molecular weight excluding hydrogens is 396 g/mol. The van der Waals surface area contributed by atoms with Gasteiger partial charge in [-0.3, -0.25) is 8.98 Å². The van der Waals surface area contributed by atoms with Crippen LogP contribution in [0.4, 0.5) is 11.4 Å². The Balaban J connectivity index is 1.76. The van der Waals surface area contributed by atoms with Gasteiger partial charge in [0.25, 0.3) is 16.0 Å². The lowest BCUT2D eigenvalue weighted by molar-refractivity contribution is -0.122. The molecule has 1 aliphatic heterocycles. The van der Waals surface area contributed by atoms with E-state index in [1.54, 1.807) is 19.9 Å². The fourth-order valence-electron chi connectivity index (χ4n) is 3.15. The first-order chi connectivity index (χ1) is 13.7. The summed E-state index contributed by atoms with van der Waals surface area (Å²) in [5.74, 6) is 0.533. The zero-order valence-electron chi connectivity index (χ0n) is 16.8. The maximum absolute atomic E-state index is 12.8. The lowest BCUT2D eigenvalue weighted by Crippen LogP contribution is -2.54. The van der Waals surface area contributed by atoms with Crippen LogP contribution in [-0.2, 0) is 19.1 Å². The zero-order chi connectivity index (χ0) is 21.2. The van der Waals surface area contributed by atoms with Crippen molar-refractivity contribution >= 4 is 27.4 Å². The van der Waals surface area contributed by atoms with Gasteiger partial charge in [-0.15, -0.1) is 0 Å². The van der Waals surface area contributed by atoms with Crippen LogP contribution in [-0.4, -0.2) is 47.2 Å². The minimum absolute atomic E-state index is 0.0532. The molecule has 1 aliphatic rings. The molecule has 0 fully saturated rings. The van der Waals surface area contributed by atoms with E-state index in [1.807, 2.05) is 18.2 Å². The van der Waals surface area contributed by atoms with Crippen molar-refractivity contribution in [2.75, 3.05) is 37.6 Å². The summed E-state index contributed by atoms with van der Waals surface area (Å²) in [6, 6.07) is 11.6. The van der Waals surface area contributed by atoms with E-state index in [4.69, 9.17) is 13.7 Å². The number of carbonyl (C=O) groups excluding carboxylic acids is 1. The number of ether oxygens (including phenoxy) is 2. The number of fused-ring (bicyclic) bond motifs is 1. The van der Waals surface area contributed by atoms with Gasteiger partial charge >= 0.3 is 0 Å². The van der Waals surface area contributed by atoms with Gasteiger partial charge in [0.1, 0.15) is 5.54 Å². The summed E-state index contributed by atoms with van der Waals surface area (Å²) in [4.78, 5) is 14.3. The van der Waals surface area contributed by atoms with Crippen LogP contribution < -0.4 is 19.7 Å². The van der Waals surface area contributed by atoms with Gasteiger partial charge in [0.05, 0.1) is 43.6 Å². The molecule has 0 bridgehead atoms. The second-order valence-electron chi connectivity index (χ2n) is 7.02. The molecule has 2 aromatic rings. The van der Waals surface area contributed by atoms with Gasteiger partial charge in [-0.1, -0.05) is 12.1 Å². The van der Waals surface area contributed by atoms with Gasteiger partial charge in [-0.2, -0.15) is 8.42 Å². The molecule has 2 aromatic carbocycles. The molecule has 0 atom stereocenters. The van der Waals surface area contributed by atoms with Gasteiger partial charge in [0, 0.05) is 6.07 Å². The third-order valence-corrected chi connectivity index (χ3v) is 5.93. The third kappa shape index (κ3) is 4.15. The van der Waals surface area contributed by atoms with Gasteiger partial charge in [0.15, 0.2) is 11.5 Å². The molecule has 0 aliphatic carbocycles. The van der Waals surface area contributed by atoms with E-state index >= 15 is 0 Å². The minimum atomic E-state index is -4.03. The zero-order valence-corrected chi connectivity index (χ0v) is 17.6. The van der Waals surface area contributed by atoms with Crippen molar-refractivity contribution in [1.82, 2.24) is 0 Å². The highest BCUT2D eigenvalue weighted by molar-refractivity contribution is 7.86. The molecule has 156 valence electrons. The number of anilines is 2. The Hall–Kier alpha value is -2.78. The summed E-state index contributed by atoms with van der Waals surface area (Å²) in [6.07, 6.45) is 0. The normalized spacial score (nSPS) is 15.4. The molecule has 3 rings (SSSR count). The monoisotopic (exact) mass is 420 g/mol. The van der Waals surface area contributed by atoms with Crippen LogP contribution >= 0.6 is 0 Å². The van der Waals surface area contributed by atoms with Gasteiger partial charge in [-0.05, 0) is 38.1 Å². The first-order valence-corrected chi connectivity index (χ1v) is 10.4. The molecule has 0 aromatic heterocycles. The number of methoxy groups -OCH3 is 2. The quantitative estimate of drug-likeness (QED) is 0.688. The van der Waals surface area contributed by atoms with Crippen molar-refractivity contribution in [2.24, 2.45) is 0 Å². The van der Waals surface area contributed by atoms with E-state index in [2.05, 4.69) is 5.32 Å². The SMILES string of the molecule is COc1ccc(S(=O)(=O)OCCN2C(=O)C(C)(C)Nc3ccccc32)cc1OC. The average molecular weight is 420 g/mol. The first-order valence-electron chi connectivity index (χ1n) is 9.00. The highest BCUT2D eigenvalue weighted by Gasteiger charge is 2.38. The molecule has 0 saturated carbocycles. The maximum Gasteiger partial charge on any atom is 0.297 e. The average Bonchev–Trinajstić information content (AvgIpc) is 2.70. The molecule has 0 radical (unpaired) electrons. The Morgan fingerprint density at radius 1 is 1.03 bits per heavy atom. The molecule has 29 heavy (non-hydrogen) atoms. The molecule has 0 spiro atoms. The molecule has 0 saturated heterocycles. The first kappa shape index (κ1) is 20.9. The van der Waals surface area contributed by atoms with Gasteiger partial charge in [-0.25, -0.2) is 0 Å². The largest absolute Gasteiger partial charge is 0.493 e. The van der Waals surface area contributed by atoms with E-state index in [0.29, 0.717) is 11.4 Å². The molecule has 1 N–H and O–H groups in total. The van der Waals surface area contributed by atoms with Crippen molar-refractivity contribution < 1.29 is 26.9 Å². The number of benzene rings is 2. The van der Waals surface area contributed by atoms with Gasteiger partial charge < -0.3 is 19.7 Å². The fourth-order valence-corrected chi connectivity index (χ4v) is 4.07. The van der Waals surface area contributed by atoms with Crippen molar-refractivity contribution in [3.63, 3.8) is 0 Å². The molecular formula is C20H24N2O6S.